The molecule has 7 heteroatoms. The number of aromatic nitrogens is 1. The van der Waals surface area contributed by atoms with Crippen LogP contribution in [0.25, 0.3) is 10.9 Å². The highest BCUT2D eigenvalue weighted by Crippen LogP contribution is 2.40. The molecule has 160 valence electrons. The van der Waals surface area contributed by atoms with Crippen LogP contribution in [0, 0.1) is 0 Å². The highest BCUT2D eigenvalue weighted by Gasteiger charge is 2.18. The molecule has 0 unspecified atom stereocenters. The van der Waals surface area contributed by atoms with Crippen molar-refractivity contribution < 1.29 is 14.6 Å². The monoisotopic (exact) mass is 445 g/mol. The molecule has 0 aliphatic heterocycles. The van der Waals surface area contributed by atoms with Gasteiger partial charge in [-0.3, -0.25) is 4.79 Å². The number of rotatable bonds is 7. The summed E-state index contributed by atoms with van der Waals surface area (Å²) in [5, 5.41) is 19.9. The van der Waals surface area contributed by atoms with E-state index in [1.165, 1.54) is 0 Å². The number of fused-ring (bicyclic) bond motifs is 1. The summed E-state index contributed by atoms with van der Waals surface area (Å²) >= 11 is 6.08. The van der Waals surface area contributed by atoms with E-state index in [2.05, 4.69) is 16.8 Å². The van der Waals surface area contributed by atoms with Crippen molar-refractivity contribution in [3.05, 3.63) is 102 Å². The third-order valence-corrected chi connectivity index (χ3v) is 5.25. The number of amides is 1. The largest absolute Gasteiger partial charge is 0.493 e. The summed E-state index contributed by atoms with van der Waals surface area (Å²) < 4.78 is 7.45. The van der Waals surface area contributed by atoms with Gasteiger partial charge in [-0.05, 0) is 24.3 Å². The van der Waals surface area contributed by atoms with E-state index in [-0.39, 0.29) is 17.1 Å². The van der Waals surface area contributed by atoms with Gasteiger partial charge in [-0.15, -0.1) is 10.2 Å². The molecule has 1 aromatic heterocycles. The van der Waals surface area contributed by atoms with Crippen molar-refractivity contribution in [2.75, 3.05) is 6.61 Å². The Morgan fingerprint density at radius 2 is 1.78 bits per heavy atom. The fraction of sp³-hybridized carbons (Fsp3) is 0.0800. The predicted octanol–water partition coefficient (Wildman–Crippen LogP) is 6.54. The molecule has 1 heterocycles. The van der Waals surface area contributed by atoms with Gasteiger partial charge in [0.05, 0.1) is 22.6 Å². The number of aromatic hydroxyl groups is 1. The van der Waals surface area contributed by atoms with Gasteiger partial charge in [0.2, 0.25) is 5.88 Å². The van der Waals surface area contributed by atoms with E-state index in [0.29, 0.717) is 29.3 Å². The zero-order valence-corrected chi connectivity index (χ0v) is 17.9. The summed E-state index contributed by atoms with van der Waals surface area (Å²) in [4.78, 5) is 12.5. The Balaban J connectivity index is 1.73. The maximum atomic E-state index is 12.5. The summed E-state index contributed by atoms with van der Waals surface area (Å²) in [5.41, 5.74) is 2.09. The van der Waals surface area contributed by atoms with Crippen molar-refractivity contribution >= 4 is 34.1 Å². The lowest BCUT2D eigenvalue weighted by atomic mass is 10.2. The van der Waals surface area contributed by atoms with E-state index in [1.807, 2.05) is 48.5 Å². The van der Waals surface area contributed by atoms with Crippen LogP contribution in [-0.2, 0) is 6.54 Å². The summed E-state index contributed by atoms with van der Waals surface area (Å²) in [7, 11) is 0. The second-order valence-electron chi connectivity index (χ2n) is 6.97. The van der Waals surface area contributed by atoms with Gasteiger partial charge in [-0.2, -0.15) is 0 Å². The van der Waals surface area contributed by atoms with Crippen LogP contribution in [0.3, 0.4) is 0 Å². The van der Waals surface area contributed by atoms with Crippen molar-refractivity contribution in [1.29, 1.82) is 0 Å². The minimum atomic E-state index is -0.588. The van der Waals surface area contributed by atoms with Gasteiger partial charge >= 0.3 is 0 Å². The van der Waals surface area contributed by atoms with E-state index in [4.69, 9.17) is 16.3 Å². The Kier molecular flexibility index (Phi) is 6.33. The molecule has 0 aliphatic carbocycles. The van der Waals surface area contributed by atoms with Crippen LogP contribution in [0.5, 0.6) is 11.6 Å². The van der Waals surface area contributed by atoms with Crippen LogP contribution in [0.2, 0.25) is 5.02 Å². The second-order valence-corrected chi connectivity index (χ2v) is 7.38. The minimum Gasteiger partial charge on any atom is -0.493 e. The van der Waals surface area contributed by atoms with Crippen molar-refractivity contribution in [3.63, 3.8) is 0 Å². The molecule has 1 N–H and O–H groups in total. The summed E-state index contributed by atoms with van der Waals surface area (Å²) in [6.07, 6.45) is 1.67. The topological polar surface area (TPSA) is 76.2 Å². The molecule has 0 fully saturated rings. The van der Waals surface area contributed by atoms with E-state index in [0.717, 1.165) is 11.1 Å². The zero-order valence-electron chi connectivity index (χ0n) is 17.1. The Hall–Kier alpha value is -3.90. The predicted molar refractivity (Wildman–Crippen MR) is 125 cm³/mol. The molecule has 32 heavy (non-hydrogen) atoms. The fourth-order valence-electron chi connectivity index (χ4n) is 3.41. The number of carbonyl (C=O) groups excluding carboxylic acids is 1. The molecule has 6 nitrogen and oxygen atoms in total. The first-order valence-corrected chi connectivity index (χ1v) is 10.3. The first-order chi connectivity index (χ1) is 15.6. The maximum Gasteiger partial charge on any atom is 0.296 e. The van der Waals surface area contributed by atoms with E-state index in [9.17, 15) is 9.90 Å². The lowest BCUT2D eigenvalue weighted by Gasteiger charge is -2.12. The Labute approximate surface area is 190 Å². The Morgan fingerprint density at radius 3 is 2.59 bits per heavy atom. The number of azo groups is 1. The number of ether oxygens (including phenoxy) is 1. The average molecular weight is 446 g/mol. The average Bonchev–Trinajstić information content (AvgIpc) is 3.08. The number of halogens is 1. The van der Waals surface area contributed by atoms with E-state index in [1.54, 1.807) is 34.9 Å². The molecule has 1 amide bonds. The van der Waals surface area contributed by atoms with Gasteiger partial charge < -0.3 is 14.4 Å². The maximum absolute atomic E-state index is 12.5. The highest BCUT2D eigenvalue weighted by atomic mass is 35.5. The van der Waals surface area contributed by atoms with E-state index >= 15 is 0 Å². The van der Waals surface area contributed by atoms with Gasteiger partial charge in [0, 0.05) is 10.9 Å². The van der Waals surface area contributed by atoms with Crippen molar-refractivity contribution in [2.24, 2.45) is 10.2 Å². The van der Waals surface area contributed by atoms with Gasteiger partial charge in [0.25, 0.3) is 5.91 Å². The molecule has 0 saturated heterocycles. The summed E-state index contributed by atoms with van der Waals surface area (Å²) in [6, 6.07) is 21.6. The molecule has 0 aliphatic rings. The summed E-state index contributed by atoms with van der Waals surface area (Å²) in [5.74, 6) is 0.0112. The third kappa shape index (κ3) is 4.26. The number of benzene rings is 3. The normalized spacial score (nSPS) is 11.2. The summed E-state index contributed by atoms with van der Waals surface area (Å²) in [6.45, 7) is 4.40. The van der Waals surface area contributed by atoms with Gasteiger partial charge in [-0.25, -0.2) is 0 Å². The minimum absolute atomic E-state index is 0.0968. The van der Waals surface area contributed by atoms with Crippen molar-refractivity contribution in [1.82, 2.24) is 4.57 Å². The van der Waals surface area contributed by atoms with Crippen LogP contribution in [-0.4, -0.2) is 22.2 Å². The van der Waals surface area contributed by atoms with Crippen LogP contribution in [0.4, 0.5) is 5.69 Å². The number of hydrogen-bond donors (Lipinski definition) is 1. The Bertz CT molecular complexity index is 1330. The smallest absolute Gasteiger partial charge is 0.296 e. The van der Waals surface area contributed by atoms with E-state index < -0.39 is 5.91 Å². The van der Waals surface area contributed by atoms with Crippen molar-refractivity contribution in [3.8, 4) is 11.6 Å². The number of carbonyl (C=O) groups is 1. The van der Waals surface area contributed by atoms with Crippen LogP contribution >= 0.6 is 11.6 Å². The van der Waals surface area contributed by atoms with Crippen LogP contribution in [0.1, 0.15) is 15.9 Å². The lowest BCUT2D eigenvalue weighted by molar-refractivity contribution is 0.0995. The molecule has 0 spiro atoms. The molecule has 0 radical (unpaired) electrons. The van der Waals surface area contributed by atoms with Crippen molar-refractivity contribution in [2.45, 2.75) is 6.54 Å². The van der Waals surface area contributed by atoms with Crippen LogP contribution < -0.4 is 4.74 Å². The molecular weight excluding hydrogens is 426 g/mol. The van der Waals surface area contributed by atoms with Crippen LogP contribution in [0.15, 0.2) is 95.7 Å². The number of para-hydroxylation sites is 2. The third-order valence-electron chi connectivity index (χ3n) is 4.92. The lowest BCUT2D eigenvalue weighted by Crippen LogP contribution is -2.03. The second kappa shape index (κ2) is 9.49. The highest BCUT2D eigenvalue weighted by molar-refractivity contribution is 6.33. The molecule has 4 aromatic rings. The Morgan fingerprint density at radius 1 is 1.06 bits per heavy atom. The zero-order chi connectivity index (χ0) is 22.5. The van der Waals surface area contributed by atoms with Gasteiger partial charge in [0.1, 0.15) is 12.4 Å². The molecule has 4 rings (SSSR count). The molecular formula is C25H20ClN3O3. The molecule has 0 atom stereocenters. The first-order valence-electron chi connectivity index (χ1n) is 9.92. The standard InChI is InChI=1S/C25H20ClN3O3/c1-2-15-32-22-14-8-3-9-17(22)16-29-21-13-7-5-11-19(21)23(25(29)31)27-28-24(30)18-10-4-6-12-20(18)26/h2-14,31H,1,15-16H2. The first kappa shape index (κ1) is 21.3. The fourth-order valence-corrected chi connectivity index (χ4v) is 3.63. The quantitative estimate of drug-likeness (QED) is 0.259. The number of hydrogen-bond acceptors (Lipinski definition) is 4. The number of nitrogens with zero attached hydrogens (tertiary/aromatic N) is 3. The van der Waals surface area contributed by atoms with Gasteiger partial charge in [-0.1, -0.05) is 72.8 Å². The molecule has 0 bridgehead atoms. The van der Waals surface area contributed by atoms with Gasteiger partial charge in [0.15, 0.2) is 5.69 Å². The molecule has 0 saturated carbocycles. The SMILES string of the molecule is C=CCOc1ccccc1Cn1c(O)c(N=NC(=O)c2ccccc2Cl)c2ccccc21. The molecule has 3 aromatic carbocycles.